The van der Waals surface area contributed by atoms with Crippen LogP contribution in [0.15, 0.2) is 73.3 Å². The summed E-state index contributed by atoms with van der Waals surface area (Å²) in [7, 11) is -2.88. The fraction of sp³-hybridized carbons (Fsp3) is 0.638. The van der Waals surface area contributed by atoms with Gasteiger partial charge in [-0.3, -0.25) is 38.4 Å². The normalized spacial score (nSPS) is 23.0. The van der Waals surface area contributed by atoms with Crippen LogP contribution in [0.5, 0.6) is 0 Å². The molecule has 7 amide bonds. The molecule has 0 unspecified atom stereocenters. The Labute approximate surface area is 585 Å². The molecule has 0 saturated carbocycles. The predicted molar refractivity (Wildman–Crippen MR) is 361 cm³/mol. The maximum Gasteiger partial charge on any atom is 0.509 e. The van der Waals surface area contributed by atoms with E-state index in [0.717, 1.165) is 26.3 Å². The first-order valence-corrected chi connectivity index (χ1v) is 35.9. The van der Waals surface area contributed by atoms with E-state index >= 15 is 9.59 Å². The molecule has 556 valence electrons. The van der Waals surface area contributed by atoms with E-state index in [0.29, 0.717) is 5.56 Å². The molecule has 100 heavy (non-hydrogen) atoms. The molecular weight excluding hydrogens is 1320 g/mol. The molecule has 5 rings (SSSR count). The Morgan fingerprint density at radius 2 is 1.12 bits per heavy atom. The molecule has 3 aliphatic rings. The highest BCUT2D eigenvalue weighted by atomic mass is 28.4. The number of ether oxygens (including phenoxy) is 10. The highest BCUT2D eigenvalue weighted by Crippen LogP contribution is 2.43. The summed E-state index contributed by atoms with van der Waals surface area (Å²) >= 11 is 0. The second kappa shape index (κ2) is 39.2. The molecule has 0 spiro atoms. The van der Waals surface area contributed by atoms with Crippen molar-refractivity contribution in [2.75, 3.05) is 19.8 Å². The van der Waals surface area contributed by atoms with E-state index < -0.39 is 185 Å². The summed E-state index contributed by atoms with van der Waals surface area (Å²) < 4.78 is 65.9. The average Bonchev–Trinajstić information content (AvgIpc) is 1.76. The molecule has 2 aromatic carbocycles. The molecule has 0 radical (unpaired) electrons. The molecular formula is C69H103N7O23Si. The summed E-state index contributed by atoms with van der Waals surface area (Å²) in [5, 5.41) is 29.0. The Kier molecular flexibility index (Phi) is 32.4. The second-order valence-electron chi connectivity index (χ2n) is 26.9. The maximum atomic E-state index is 15.3. The first kappa shape index (κ1) is 82.6. The van der Waals surface area contributed by atoms with Crippen LogP contribution in [0, 0.1) is 11.8 Å². The van der Waals surface area contributed by atoms with Gasteiger partial charge in [-0.05, 0) is 66.3 Å². The summed E-state index contributed by atoms with van der Waals surface area (Å²) in [6, 6.07) is 8.49. The number of alkyl carbamates (subject to hydrolysis) is 1. The zero-order valence-electron chi connectivity index (χ0n) is 59.8. The maximum absolute atomic E-state index is 15.3. The zero-order chi connectivity index (χ0) is 74.3. The first-order valence-electron chi connectivity index (χ1n) is 33.8. The minimum Gasteiger partial charge on any atom is -0.460 e. The van der Waals surface area contributed by atoms with Crippen molar-refractivity contribution < 1.29 is 110 Å². The largest absolute Gasteiger partial charge is 0.509 e. The van der Waals surface area contributed by atoms with Crippen LogP contribution in [0.4, 0.5) is 9.59 Å². The van der Waals surface area contributed by atoms with E-state index in [1.54, 1.807) is 89.2 Å². The van der Waals surface area contributed by atoms with Gasteiger partial charge in [0, 0.05) is 20.8 Å². The Balaban J connectivity index is 1.61. The van der Waals surface area contributed by atoms with Crippen LogP contribution in [0.3, 0.4) is 0 Å². The van der Waals surface area contributed by atoms with Crippen LogP contribution < -0.4 is 37.2 Å². The zero-order valence-corrected chi connectivity index (χ0v) is 60.8. The van der Waals surface area contributed by atoms with Gasteiger partial charge >= 0.3 is 30.2 Å². The molecule has 3 fully saturated rings. The lowest BCUT2D eigenvalue weighted by Crippen LogP contribution is -2.71. The topological polar surface area (TPSA) is 394 Å². The van der Waals surface area contributed by atoms with Crippen molar-refractivity contribution in [1.82, 2.24) is 37.2 Å². The Hall–Kier alpha value is -8.07. The summed E-state index contributed by atoms with van der Waals surface area (Å²) in [5.74, 6) is -9.06. The molecule has 3 heterocycles. The molecule has 3 saturated heterocycles. The third kappa shape index (κ3) is 24.1. The number of aliphatic hydroxyl groups excluding tert-OH is 1. The van der Waals surface area contributed by atoms with E-state index in [1.165, 1.54) is 13.0 Å². The van der Waals surface area contributed by atoms with Gasteiger partial charge in [0.1, 0.15) is 61.7 Å². The van der Waals surface area contributed by atoms with Crippen molar-refractivity contribution in [1.29, 1.82) is 0 Å². The van der Waals surface area contributed by atoms with Crippen LogP contribution in [0.2, 0.25) is 16.6 Å². The molecule has 31 heteroatoms. The van der Waals surface area contributed by atoms with E-state index in [2.05, 4.69) is 43.8 Å². The minimum atomic E-state index is -2.88. The number of fused-ring (bicyclic) bond motifs is 1. The molecule has 0 aliphatic carbocycles. The van der Waals surface area contributed by atoms with Crippen molar-refractivity contribution in [3.8, 4) is 0 Å². The number of rotatable bonds is 37. The molecule has 8 N–H and O–H groups in total. The smallest absolute Gasteiger partial charge is 0.460 e. The second-order valence-corrected chi connectivity index (χ2v) is 32.3. The summed E-state index contributed by atoms with van der Waals surface area (Å²) in [5.41, 5.74) is 1.37. The van der Waals surface area contributed by atoms with Crippen LogP contribution in [-0.4, -0.2) is 196 Å². The van der Waals surface area contributed by atoms with Crippen LogP contribution in [-0.2, 0) is 108 Å². The molecule has 0 bridgehead atoms. The molecule has 2 aromatic rings. The highest BCUT2D eigenvalue weighted by molar-refractivity contribution is 6.77. The van der Waals surface area contributed by atoms with Crippen molar-refractivity contribution >= 4 is 73.9 Å². The fourth-order valence-corrected chi connectivity index (χ4v) is 18.0. The van der Waals surface area contributed by atoms with E-state index in [9.17, 15) is 48.3 Å². The Morgan fingerprint density at radius 1 is 0.600 bits per heavy atom. The Morgan fingerprint density at radius 3 is 1.65 bits per heavy atom. The van der Waals surface area contributed by atoms with E-state index in [1.807, 2.05) is 47.6 Å². The van der Waals surface area contributed by atoms with Crippen molar-refractivity contribution in [2.45, 2.75) is 251 Å². The lowest BCUT2D eigenvalue weighted by atomic mass is 9.94. The average molecular weight is 1430 g/mol. The van der Waals surface area contributed by atoms with Crippen LogP contribution in [0.1, 0.15) is 134 Å². The molecule has 3 aliphatic heterocycles. The van der Waals surface area contributed by atoms with E-state index in [4.69, 9.17) is 51.8 Å². The molecule has 30 nitrogen and oxygen atoms in total. The number of carbonyl (C=O) groups excluding carboxylic acids is 11. The van der Waals surface area contributed by atoms with Gasteiger partial charge in [0.15, 0.2) is 51.3 Å². The van der Waals surface area contributed by atoms with Gasteiger partial charge < -0.3 is 94.1 Å². The van der Waals surface area contributed by atoms with Crippen molar-refractivity contribution in [2.24, 2.45) is 11.8 Å². The van der Waals surface area contributed by atoms with Crippen LogP contribution >= 0.6 is 0 Å². The Bertz CT molecular complexity index is 3070. The SMILES string of the molecule is C=CCOC(=O)[C@@H](NC(=O)[C@H](CC(C)C)NC(=O)[C@H](CC(=O)N[C@@H]1O[C@H](CO[Si](C(C)C)(C(C)C)C(C)C)[C@@H](OC(C)=O)[C@H](O[C@@H]2O[C@H](CO)[C@@H]3OC(=O)O[C@@H]3[C@H]2OC(C)=O)[C@H]1NC(C)=O)NC(=O)[C@H](CC(C)C)NC(=O)[C@H](C)NC(=O)OCc1ccccc1)[C@@H](C)OCc1ccccc1. The van der Waals surface area contributed by atoms with Gasteiger partial charge in [-0.2, -0.15) is 0 Å². The highest BCUT2D eigenvalue weighted by Gasteiger charge is 2.60. The number of carbonyl (C=O) groups is 11. The number of hydrogen-bond donors (Lipinski definition) is 8. The number of hydrogen-bond acceptors (Lipinski definition) is 23. The number of aliphatic hydroxyl groups is 1. The van der Waals surface area contributed by atoms with Gasteiger partial charge in [0.2, 0.25) is 35.4 Å². The fourth-order valence-electron chi connectivity index (χ4n) is 12.6. The van der Waals surface area contributed by atoms with Crippen molar-refractivity contribution in [3.63, 3.8) is 0 Å². The van der Waals surface area contributed by atoms with Gasteiger partial charge in [-0.15, -0.1) is 0 Å². The summed E-state index contributed by atoms with van der Waals surface area (Å²) in [6.45, 7) is 27.5. The monoisotopic (exact) mass is 1430 g/mol. The molecule has 16 atom stereocenters. The third-order valence-corrected chi connectivity index (χ3v) is 23.1. The van der Waals surface area contributed by atoms with E-state index in [-0.39, 0.29) is 67.7 Å². The number of nitrogens with one attached hydrogen (secondary N) is 7. The summed E-state index contributed by atoms with van der Waals surface area (Å²) in [6.07, 6.45) is -17.1. The first-order chi connectivity index (χ1) is 47.2. The van der Waals surface area contributed by atoms with Gasteiger partial charge in [-0.25, -0.2) is 14.4 Å². The number of esters is 3. The third-order valence-electron chi connectivity index (χ3n) is 17.1. The van der Waals surface area contributed by atoms with Gasteiger partial charge in [-0.1, -0.05) is 143 Å². The number of amides is 7. The summed E-state index contributed by atoms with van der Waals surface area (Å²) in [4.78, 5) is 153. The number of benzene rings is 2. The van der Waals surface area contributed by atoms with Gasteiger partial charge in [0.25, 0.3) is 0 Å². The molecule has 0 aromatic heterocycles. The predicted octanol–water partition coefficient (Wildman–Crippen LogP) is 4.47. The lowest BCUT2D eigenvalue weighted by molar-refractivity contribution is -0.323. The quantitative estimate of drug-likeness (QED) is 0.0200. The van der Waals surface area contributed by atoms with Gasteiger partial charge in [0.05, 0.1) is 32.3 Å². The van der Waals surface area contributed by atoms with Crippen molar-refractivity contribution in [3.05, 3.63) is 84.4 Å². The lowest BCUT2D eigenvalue weighted by Gasteiger charge is -2.50. The standard InChI is InChI=1S/C69H103N7O23Si/c1-17-28-89-66(86)54(42(13)90-33-46-24-20-18-21-25-46)76-64(85)49(30-37(4)5)73-63(84)50(74-62(83)48(29-36(2)3)72-61(82)41(12)70-68(87)91-34-47-26-22-19-23-27-47)31-53(81)75-65-55(71-43(14)78)58(97-67-60(94-45(16)80)59-56(51(32-77)96-67)98-69(88)99-59)57(93-44(15)79)52(95-65)35-92-100(38(6)7,39(8)9)40(10)11/h17-27,36-42,48-52,54-60,65,67,77H,1,28-35H2,2-16H3,(H,70,87)(H,71,78)(H,72,82)(H,73,84)(H,74,83)(H,75,81)(H,76,85)/t41-,42+,48-,49-,50-,51+,52+,54-,55+,56-,57+,58+,59-,60+,65+,67-/m0/s1. The van der Waals surface area contributed by atoms with Crippen LogP contribution in [0.25, 0.3) is 0 Å². The minimum absolute atomic E-state index is 0.0208.